The Morgan fingerprint density at radius 2 is 2.04 bits per heavy atom. The van der Waals surface area contributed by atoms with Gasteiger partial charge in [0.05, 0.1) is 48.3 Å². The monoisotopic (exact) mass is 384 g/mol. The van der Waals surface area contributed by atoms with Gasteiger partial charge in [-0.3, -0.25) is 9.13 Å². The first-order valence-corrected chi connectivity index (χ1v) is 9.56. The van der Waals surface area contributed by atoms with Gasteiger partial charge in [0.25, 0.3) is 0 Å². The van der Waals surface area contributed by atoms with Crippen LogP contribution in [0.5, 0.6) is 0 Å². The highest BCUT2D eigenvalue weighted by atomic mass is 16.5. The summed E-state index contributed by atoms with van der Waals surface area (Å²) in [7, 11) is 1.59. The molecule has 0 bridgehead atoms. The van der Waals surface area contributed by atoms with E-state index in [0.717, 1.165) is 18.5 Å². The highest BCUT2D eigenvalue weighted by Gasteiger charge is 2.21. The number of aromatic nitrogens is 4. The lowest BCUT2D eigenvalue weighted by Gasteiger charge is -2.15. The van der Waals surface area contributed by atoms with Crippen LogP contribution in [-0.2, 0) is 17.8 Å². The highest BCUT2D eigenvalue weighted by Crippen LogP contribution is 2.30. The van der Waals surface area contributed by atoms with E-state index in [1.165, 1.54) is 18.9 Å². The lowest BCUT2D eigenvalue weighted by molar-refractivity contribution is 0.0697. The second-order valence-electron chi connectivity index (χ2n) is 7.25. The molecule has 4 rings (SSSR count). The molecule has 0 unspecified atom stereocenters. The zero-order chi connectivity index (χ0) is 19.7. The number of methoxy groups -OCH3 is 1. The van der Waals surface area contributed by atoms with E-state index in [1.807, 2.05) is 6.33 Å². The van der Waals surface area contributed by atoms with Crippen molar-refractivity contribution in [2.75, 3.05) is 13.7 Å². The lowest BCUT2D eigenvalue weighted by Crippen LogP contribution is -2.27. The Labute approximate surface area is 162 Å². The first kappa shape index (κ1) is 18.5. The van der Waals surface area contributed by atoms with Gasteiger partial charge in [0.15, 0.2) is 0 Å². The molecular formula is C20H24N4O4. The van der Waals surface area contributed by atoms with Crippen molar-refractivity contribution in [2.24, 2.45) is 0 Å². The molecule has 1 aliphatic carbocycles. The standard InChI is InChI=1S/C20H24N4O4/c1-28-9-8-22-17-7-6-14(19(25)26)10-18(17)23(20(22)27)12-16-11-21-13-24(16)15-4-2-3-5-15/h6-7,10-11,13,15H,2-5,8-9,12H2,1H3,(H,25,26). The molecule has 3 aromatic rings. The third-order valence-corrected chi connectivity index (χ3v) is 5.57. The number of rotatable bonds is 7. The summed E-state index contributed by atoms with van der Waals surface area (Å²) in [6.45, 7) is 1.17. The molecular weight excluding hydrogens is 360 g/mol. The van der Waals surface area contributed by atoms with Crippen molar-refractivity contribution in [1.29, 1.82) is 0 Å². The summed E-state index contributed by atoms with van der Waals surface area (Å²) in [6.07, 6.45) is 8.29. The van der Waals surface area contributed by atoms with Crippen LogP contribution in [0.25, 0.3) is 11.0 Å². The Hall–Kier alpha value is -2.87. The Kier molecular flexibility index (Phi) is 5.04. The van der Waals surface area contributed by atoms with Crippen LogP contribution in [0.15, 0.2) is 35.5 Å². The van der Waals surface area contributed by atoms with Crippen molar-refractivity contribution in [3.63, 3.8) is 0 Å². The normalized spacial score (nSPS) is 14.9. The molecule has 2 aromatic heterocycles. The van der Waals surface area contributed by atoms with E-state index in [1.54, 1.807) is 34.6 Å². The van der Waals surface area contributed by atoms with E-state index >= 15 is 0 Å². The van der Waals surface area contributed by atoms with Crippen molar-refractivity contribution in [3.8, 4) is 0 Å². The molecule has 2 heterocycles. The van der Waals surface area contributed by atoms with Crippen molar-refractivity contribution in [3.05, 3.63) is 52.5 Å². The van der Waals surface area contributed by atoms with Gasteiger partial charge in [0, 0.05) is 19.3 Å². The van der Waals surface area contributed by atoms with Crippen LogP contribution >= 0.6 is 0 Å². The molecule has 8 heteroatoms. The fourth-order valence-electron chi connectivity index (χ4n) is 4.13. The van der Waals surface area contributed by atoms with Crippen molar-refractivity contribution < 1.29 is 14.6 Å². The van der Waals surface area contributed by atoms with Crippen molar-refractivity contribution in [2.45, 2.75) is 44.8 Å². The maximum atomic E-state index is 13.1. The third-order valence-electron chi connectivity index (χ3n) is 5.57. The molecule has 148 valence electrons. The quantitative estimate of drug-likeness (QED) is 0.676. The fraction of sp³-hybridized carbons (Fsp3) is 0.450. The smallest absolute Gasteiger partial charge is 0.335 e. The van der Waals surface area contributed by atoms with E-state index in [0.29, 0.717) is 36.8 Å². The van der Waals surface area contributed by atoms with E-state index < -0.39 is 5.97 Å². The molecule has 1 saturated carbocycles. The first-order chi connectivity index (χ1) is 13.6. The molecule has 0 radical (unpaired) electrons. The van der Waals surface area contributed by atoms with Crippen LogP contribution < -0.4 is 5.69 Å². The molecule has 1 fully saturated rings. The summed E-state index contributed by atoms with van der Waals surface area (Å²) in [5.74, 6) is -1.01. The summed E-state index contributed by atoms with van der Waals surface area (Å²) in [5, 5.41) is 9.37. The van der Waals surface area contributed by atoms with Crippen LogP contribution in [-0.4, -0.2) is 43.5 Å². The highest BCUT2D eigenvalue weighted by molar-refractivity contribution is 5.92. The number of fused-ring (bicyclic) bond motifs is 1. The second-order valence-corrected chi connectivity index (χ2v) is 7.25. The largest absolute Gasteiger partial charge is 0.478 e. The number of hydrogen-bond donors (Lipinski definition) is 1. The molecule has 1 N–H and O–H groups in total. The fourth-order valence-corrected chi connectivity index (χ4v) is 4.13. The van der Waals surface area contributed by atoms with Gasteiger partial charge in [-0.15, -0.1) is 0 Å². The van der Waals surface area contributed by atoms with E-state index in [4.69, 9.17) is 4.74 Å². The number of benzene rings is 1. The SMILES string of the molecule is COCCn1c(=O)n(Cc2cncn2C2CCCC2)c2cc(C(=O)O)ccc21. The Bertz CT molecular complexity index is 1060. The van der Waals surface area contributed by atoms with E-state index in [-0.39, 0.29) is 11.3 Å². The van der Waals surface area contributed by atoms with Gasteiger partial charge in [-0.05, 0) is 31.0 Å². The number of nitrogens with zero attached hydrogens (tertiary/aromatic N) is 4. The molecule has 0 aliphatic heterocycles. The lowest BCUT2D eigenvalue weighted by atomic mass is 10.2. The van der Waals surface area contributed by atoms with Crippen LogP contribution in [0.1, 0.15) is 47.8 Å². The number of carboxylic acid groups (broad SMARTS) is 1. The number of ether oxygens (including phenoxy) is 1. The zero-order valence-electron chi connectivity index (χ0n) is 15.9. The molecule has 28 heavy (non-hydrogen) atoms. The Morgan fingerprint density at radius 3 is 2.75 bits per heavy atom. The second kappa shape index (κ2) is 7.63. The maximum absolute atomic E-state index is 13.1. The minimum absolute atomic E-state index is 0.162. The summed E-state index contributed by atoms with van der Waals surface area (Å²) in [5.41, 5.74) is 2.27. The average Bonchev–Trinajstić information content (AvgIpc) is 3.41. The van der Waals surface area contributed by atoms with Gasteiger partial charge >= 0.3 is 11.7 Å². The summed E-state index contributed by atoms with van der Waals surface area (Å²) in [6, 6.07) is 5.21. The Morgan fingerprint density at radius 1 is 1.25 bits per heavy atom. The number of carbonyl (C=O) groups is 1. The summed E-state index contributed by atoms with van der Waals surface area (Å²) >= 11 is 0. The third kappa shape index (κ3) is 3.24. The maximum Gasteiger partial charge on any atom is 0.335 e. The van der Waals surface area contributed by atoms with Gasteiger partial charge in [-0.1, -0.05) is 12.8 Å². The first-order valence-electron chi connectivity index (χ1n) is 9.56. The minimum Gasteiger partial charge on any atom is -0.478 e. The van der Waals surface area contributed by atoms with E-state index in [2.05, 4.69) is 9.55 Å². The molecule has 0 amide bonds. The molecule has 0 atom stereocenters. The van der Waals surface area contributed by atoms with Gasteiger partial charge in [0.2, 0.25) is 0 Å². The predicted molar refractivity (Wildman–Crippen MR) is 104 cm³/mol. The predicted octanol–water partition coefficient (Wildman–Crippen LogP) is 2.51. The van der Waals surface area contributed by atoms with Crippen molar-refractivity contribution >= 4 is 17.0 Å². The summed E-state index contributed by atoms with van der Waals surface area (Å²) < 4.78 is 10.6. The van der Waals surface area contributed by atoms with Crippen LogP contribution in [0.4, 0.5) is 0 Å². The molecule has 1 aliphatic rings. The van der Waals surface area contributed by atoms with Gasteiger partial charge < -0.3 is 14.4 Å². The van der Waals surface area contributed by atoms with Crippen LogP contribution in [0.2, 0.25) is 0 Å². The Balaban J connectivity index is 1.80. The van der Waals surface area contributed by atoms with Crippen molar-refractivity contribution in [1.82, 2.24) is 18.7 Å². The number of imidazole rings is 2. The number of aromatic carboxylic acids is 1. The average molecular weight is 384 g/mol. The van der Waals surface area contributed by atoms with Crippen LogP contribution in [0.3, 0.4) is 0 Å². The molecule has 8 nitrogen and oxygen atoms in total. The zero-order valence-corrected chi connectivity index (χ0v) is 15.9. The molecule has 1 aromatic carbocycles. The number of hydrogen-bond acceptors (Lipinski definition) is 4. The van der Waals surface area contributed by atoms with E-state index in [9.17, 15) is 14.7 Å². The molecule has 0 saturated heterocycles. The van der Waals surface area contributed by atoms with Gasteiger partial charge in [0.1, 0.15) is 0 Å². The topological polar surface area (TPSA) is 91.3 Å². The minimum atomic E-state index is -1.01. The van der Waals surface area contributed by atoms with Gasteiger partial charge in [-0.25, -0.2) is 14.6 Å². The van der Waals surface area contributed by atoms with Crippen LogP contribution in [0, 0.1) is 0 Å². The van der Waals surface area contributed by atoms with Gasteiger partial charge in [-0.2, -0.15) is 0 Å². The summed E-state index contributed by atoms with van der Waals surface area (Å²) in [4.78, 5) is 28.9. The number of carboxylic acids is 1. The molecule has 0 spiro atoms.